The molecule has 0 amide bonds. The van der Waals surface area contributed by atoms with Crippen molar-refractivity contribution in [1.29, 1.82) is 0 Å². The van der Waals surface area contributed by atoms with Crippen molar-refractivity contribution in [2.75, 3.05) is 13.6 Å². The van der Waals surface area contributed by atoms with Crippen molar-refractivity contribution < 1.29 is 9.53 Å². The Morgan fingerprint density at radius 2 is 2.12 bits per heavy atom. The zero-order valence-electron chi connectivity index (χ0n) is 11.1. The maximum atomic E-state index is 11.8. The Kier molecular flexibility index (Phi) is 4.81. The molecule has 1 heterocycles. The molecule has 1 aliphatic rings. The van der Waals surface area contributed by atoms with Gasteiger partial charge in [-0.2, -0.15) is 0 Å². The lowest BCUT2D eigenvalue weighted by atomic mass is 10.1. The summed E-state index contributed by atoms with van der Waals surface area (Å²) in [5, 5.41) is 0. The van der Waals surface area contributed by atoms with E-state index in [1.54, 1.807) is 0 Å². The fourth-order valence-electron chi connectivity index (χ4n) is 1.78. The highest BCUT2D eigenvalue weighted by Crippen LogP contribution is 2.16. The molecule has 0 spiro atoms. The average molecular weight is 241 g/mol. The molecule has 2 atom stereocenters. The van der Waals surface area contributed by atoms with Gasteiger partial charge in [-0.15, -0.1) is 0 Å². The first-order valence-electron chi connectivity index (χ1n) is 6.07. The topological polar surface area (TPSA) is 58.8 Å². The first kappa shape index (κ1) is 13.8. The van der Waals surface area contributed by atoms with Gasteiger partial charge in [0.15, 0.2) is 0 Å². The van der Waals surface area contributed by atoms with Crippen molar-refractivity contribution in [2.24, 2.45) is 11.7 Å². The molecule has 0 radical (unpaired) electrons. The molecule has 1 unspecified atom stereocenters. The van der Waals surface area contributed by atoms with Crippen molar-refractivity contribution in [3.63, 3.8) is 0 Å². The van der Waals surface area contributed by atoms with Crippen LogP contribution in [0.1, 0.15) is 27.2 Å². The summed E-state index contributed by atoms with van der Waals surface area (Å²) in [4.78, 5) is 15.6. The van der Waals surface area contributed by atoms with Crippen molar-refractivity contribution in [3.05, 3.63) is 12.4 Å². The Morgan fingerprint density at radius 1 is 1.47 bits per heavy atom. The number of nitrogens with zero attached hydrogens (tertiary/aromatic N) is 2. The van der Waals surface area contributed by atoms with E-state index in [9.17, 15) is 4.79 Å². The standard InChI is InChI=1S/C12H23N3O2/c1-5-15-7-6-14(4)12(15)17-11(16)10(13)8-9(2)3/h6-7,9-10,12H,5,8,13H2,1-4H3/t10-,12?/m0/s1. The van der Waals surface area contributed by atoms with Crippen LogP contribution in [-0.4, -0.2) is 41.8 Å². The maximum absolute atomic E-state index is 11.8. The van der Waals surface area contributed by atoms with Crippen LogP contribution in [-0.2, 0) is 9.53 Å². The molecule has 98 valence electrons. The first-order chi connectivity index (χ1) is 7.95. The molecule has 0 saturated carbocycles. The van der Waals surface area contributed by atoms with Crippen LogP contribution < -0.4 is 5.73 Å². The largest absolute Gasteiger partial charge is 0.421 e. The normalized spacial score (nSPS) is 21.2. The maximum Gasteiger partial charge on any atom is 0.326 e. The molecule has 5 heteroatoms. The molecule has 5 nitrogen and oxygen atoms in total. The minimum absolute atomic E-state index is 0.335. The molecule has 0 aromatic carbocycles. The lowest BCUT2D eigenvalue weighted by molar-refractivity contribution is -0.168. The molecule has 0 aromatic heterocycles. The number of carbonyl (C=O) groups excluding carboxylic acids is 1. The minimum atomic E-state index is -0.539. The van der Waals surface area contributed by atoms with Crippen LogP contribution in [0.4, 0.5) is 0 Å². The molecule has 0 bridgehead atoms. The zero-order valence-corrected chi connectivity index (χ0v) is 11.1. The number of hydrogen-bond donors (Lipinski definition) is 1. The predicted octanol–water partition coefficient (Wildman–Crippen LogP) is 0.925. The van der Waals surface area contributed by atoms with Crippen LogP contribution in [0.5, 0.6) is 0 Å². The van der Waals surface area contributed by atoms with Gasteiger partial charge in [-0.3, -0.25) is 4.79 Å². The van der Waals surface area contributed by atoms with E-state index in [1.165, 1.54) is 0 Å². The van der Waals surface area contributed by atoms with E-state index in [4.69, 9.17) is 10.5 Å². The quantitative estimate of drug-likeness (QED) is 0.725. The highest BCUT2D eigenvalue weighted by molar-refractivity contribution is 5.75. The van der Waals surface area contributed by atoms with Crippen molar-refractivity contribution in [1.82, 2.24) is 9.80 Å². The third kappa shape index (κ3) is 3.63. The lowest BCUT2D eigenvalue weighted by Crippen LogP contribution is -2.44. The fraction of sp³-hybridized carbons (Fsp3) is 0.750. The highest BCUT2D eigenvalue weighted by atomic mass is 16.6. The number of nitrogens with two attached hydrogens (primary N) is 1. The van der Waals surface area contributed by atoms with E-state index in [0.717, 1.165) is 6.54 Å². The molecule has 0 saturated heterocycles. The summed E-state index contributed by atoms with van der Waals surface area (Å²) in [7, 11) is 1.87. The van der Waals surface area contributed by atoms with Crippen LogP contribution in [0.2, 0.25) is 0 Å². The summed E-state index contributed by atoms with van der Waals surface area (Å²) < 4.78 is 5.42. The van der Waals surface area contributed by atoms with Gasteiger partial charge in [0.25, 0.3) is 6.35 Å². The van der Waals surface area contributed by atoms with E-state index >= 15 is 0 Å². The first-order valence-corrected chi connectivity index (χ1v) is 6.07. The molecule has 1 aliphatic heterocycles. The summed E-state index contributed by atoms with van der Waals surface area (Å²) in [6.45, 7) is 6.88. The second-order valence-electron chi connectivity index (χ2n) is 4.79. The van der Waals surface area contributed by atoms with Gasteiger partial charge in [0.2, 0.25) is 0 Å². The summed E-state index contributed by atoms with van der Waals surface area (Å²) >= 11 is 0. The smallest absolute Gasteiger partial charge is 0.326 e. The van der Waals surface area contributed by atoms with Gasteiger partial charge in [0.05, 0.1) is 0 Å². The third-order valence-electron chi connectivity index (χ3n) is 2.74. The molecule has 0 fully saturated rings. The van der Waals surface area contributed by atoms with Crippen LogP contribution in [0.25, 0.3) is 0 Å². The third-order valence-corrected chi connectivity index (χ3v) is 2.74. The van der Waals surface area contributed by atoms with Crippen LogP contribution in [0.3, 0.4) is 0 Å². The van der Waals surface area contributed by atoms with Crippen molar-refractivity contribution >= 4 is 5.97 Å². The molecule has 0 aliphatic carbocycles. The molecular formula is C12H23N3O2. The van der Waals surface area contributed by atoms with Crippen LogP contribution in [0.15, 0.2) is 12.4 Å². The predicted molar refractivity (Wildman–Crippen MR) is 66.6 cm³/mol. The van der Waals surface area contributed by atoms with Crippen LogP contribution >= 0.6 is 0 Å². The summed E-state index contributed by atoms with van der Waals surface area (Å²) in [5.41, 5.74) is 5.80. The minimum Gasteiger partial charge on any atom is -0.421 e. The SMILES string of the molecule is CCN1C=CN(C)C1OC(=O)[C@@H](N)CC(C)C. The van der Waals surface area contributed by atoms with Gasteiger partial charge >= 0.3 is 5.97 Å². The molecule has 1 rings (SSSR count). The van der Waals surface area contributed by atoms with E-state index in [-0.39, 0.29) is 12.3 Å². The van der Waals surface area contributed by atoms with Gasteiger partial charge in [-0.05, 0) is 19.3 Å². The number of esters is 1. The Bertz CT molecular complexity index is 291. The number of rotatable bonds is 5. The average Bonchev–Trinajstić information content (AvgIpc) is 2.59. The second-order valence-corrected chi connectivity index (χ2v) is 4.79. The van der Waals surface area contributed by atoms with Gasteiger partial charge in [0, 0.05) is 26.0 Å². The number of carbonyl (C=O) groups is 1. The monoisotopic (exact) mass is 241 g/mol. The van der Waals surface area contributed by atoms with Gasteiger partial charge in [0.1, 0.15) is 6.04 Å². The van der Waals surface area contributed by atoms with Crippen LogP contribution in [0, 0.1) is 5.92 Å². The van der Waals surface area contributed by atoms with E-state index in [2.05, 4.69) is 0 Å². The van der Waals surface area contributed by atoms with Gasteiger partial charge < -0.3 is 20.3 Å². The van der Waals surface area contributed by atoms with Crippen molar-refractivity contribution in [2.45, 2.75) is 39.6 Å². The summed E-state index contributed by atoms with van der Waals surface area (Å²) in [5.74, 6) is 0.0527. The highest BCUT2D eigenvalue weighted by Gasteiger charge is 2.28. The van der Waals surface area contributed by atoms with E-state index < -0.39 is 6.04 Å². The molecule has 17 heavy (non-hydrogen) atoms. The Labute approximate surface area is 103 Å². The molecular weight excluding hydrogens is 218 g/mol. The van der Waals surface area contributed by atoms with Gasteiger partial charge in [-0.1, -0.05) is 13.8 Å². The Morgan fingerprint density at radius 3 is 2.65 bits per heavy atom. The lowest BCUT2D eigenvalue weighted by Gasteiger charge is -2.29. The van der Waals surface area contributed by atoms with E-state index in [1.807, 2.05) is 50.0 Å². The van der Waals surface area contributed by atoms with E-state index in [0.29, 0.717) is 12.3 Å². The Balaban J connectivity index is 2.50. The molecule has 2 N–H and O–H groups in total. The Hall–Kier alpha value is -1.23. The zero-order chi connectivity index (χ0) is 13.0. The van der Waals surface area contributed by atoms with Gasteiger partial charge in [-0.25, -0.2) is 0 Å². The number of ether oxygens (including phenoxy) is 1. The summed E-state index contributed by atoms with van der Waals surface area (Å²) in [6.07, 6.45) is 4.08. The number of hydrogen-bond acceptors (Lipinski definition) is 5. The summed E-state index contributed by atoms with van der Waals surface area (Å²) in [6, 6.07) is -0.539. The van der Waals surface area contributed by atoms with Crippen molar-refractivity contribution in [3.8, 4) is 0 Å². The fourth-order valence-corrected chi connectivity index (χ4v) is 1.78. The molecule has 0 aromatic rings. The second kappa shape index (κ2) is 5.91.